The molecule has 0 radical (unpaired) electrons. The van der Waals surface area contributed by atoms with Gasteiger partial charge in [0.1, 0.15) is 17.2 Å². The van der Waals surface area contributed by atoms with Crippen LogP contribution in [0.1, 0.15) is 18.4 Å². The van der Waals surface area contributed by atoms with E-state index in [0.29, 0.717) is 6.07 Å². The molecule has 0 aromatic heterocycles. The van der Waals surface area contributed by atoms with E-state index in [2.05, 4.69) is 5.32 Å². The molecule has 150 valence electrons. The van der Waals surface area contributed by atoms with Gasteiger partial charge in [-0.05, 0) is 37.1 Å². The van der Waals surface area contributed by atoms with Crippen molar-refractivity contribution in [2.24, 2.45) is 0 Å². The van der Waals surface area contributed by atoms with Crippen LogP contribution in [0.5, 0.6) is 11.5 Å². The second-order valence-corrected chi connectivity index (χ2v) is 5.99. The number of ether oxygens (including phenoxy) is 1. The number of hydrogen-bond donors (Lipinski definition) is 1. The smallest absolute Gasteiger partial charge is 0.550 e. The number of halogens is 4. The standard InChI is InChI=1S/C17H14ClF3N2O5.K/c18-12-8-10(17(19,20)21)3-6-15(12)28-11-4-5-14(23(26)27)13(9-11)22-7-1-2-16(24)25;/h3-6,8-9,22H,1-2,7H2,(H,24,25);/q;+1/p-1. The van der Waals surface area contributed by atoms with Crippen molar-refractivity contribution in [3.8, 4) is 11.5 Å². The second kappa shape index (κ2) is 11.1. The largest absolute Gasteiger partial charge is 1.00 e. The average molecular weight is 457 g/mol. The number of hydrogen-bond acceptors (Lipinski definition) is 6. The monoisotopic (exact) mass is 456 g/mol. The minimum atomic E-state index is -4.56. The topological polar surface area (TPSA) is 105 Å². The van der Waals surface area contributed by atoms with Gasteiger partial charge in [0.15, 0.2) is 0 Å². The Morgan fingerprint density at radius 1 is 1.21 bits per heavy atom. The summed E-state index contributed by atoms with van der Waals surface area (Å²) in [4.78, 5) is 20.9. The van der Waals surface area contributed by atoms with Gasteiger partial charge in [-0.25, -0.2) is 0 Å². The first kappa shape index (κ1) is 25.7. The Kier molecular flexibility index (Phi) is 9.85. The Labute approximate surface area is 210 Å². The fourth-order valence-electron chi connectivity index (χ4n) is 2.22. The molecule has 12 heteroatoms. The van der Waals surface area contributed by atoms with E-state index in [-0.39, 0.29) is 98.7 Å². The van der Waals surface area contributed by atoms with E-state index >= 15 is 0 Å². The number of rotatable bonds is 8. The fraction of sp³-hybridized carbons (Fsp3) is 0.235. The minimum Gasteiger partial charge on any atom is -0.550 e. The third-order valence-corrected chi connectivity index (χ3v) is 3.82. The van der Waals surface area contributed by atoms with E-state index in [1.807, 2.05) is 0 Å². The van der Waals surface area contributed by atoms with E-state index in [1.54, 1.807) is 0 Å². The van der Waals surface area contributed by atoms with Gasteiger partial charge >= 0.3 is 57.6 Å². The Hall–Kier alpha value is -1.37. The summed E-state index contributed by atoms with van der Waals surface area (Å²) in [5.74, 6) is -1.22. The SMILES string of the molecule is O=C([O-])CCCNc1cc(Oc2ccc(C(F)(F)F)cc2Cl)ccc1[N+](=O)[O-].[K+]. The van der Waals surface area contributed by atoms with Crippen LogP contribution in [0.25, 0.3) is 0 Å². The maximum absolute atomic E-state index is 12.7. The second-order valence-electron chi connectivity index (χ2n) is 5.58. The number of nitro benzene ring substituents is 1. The number of aliphatic carboxylic acids is 1. The van der Waals surface area contributed by atoms with Crippen LogP contribution in [0.2, 0.25) is 5.02 Å². The first-order valence-electron chi connectivity index (χ1n) is 7.84. The molecule has 0 fully saturated rings. The molecule has 2 aromatic carbocycles. The number of benzene rings is 2. The summed E-state index contributed by atoms with van der Waals surface area (Å²) < 4.78 is 43.5. The van der Waals surface area contributed by atoms with Crippen LogP contribution in [0.15, 0.2) is 36.4 Å². The molecule has 0 amide bonds. The van der Waals surface area contributed by atoms with Gasteiger partial charge in [0.05, 0.1) is 15.5 Å². The van der Waals surface area contributed by atoms with Crippen molar-refractivity contribution in [2.45, 2.75) is 19.0 Å². The van der Waals surface area contributed by atoms with Crippen molar-refractivity contribution in [2.75, 3.05) is 11.9 Å². The van der Waals surface area contributed by atoms with E-state index < -0.39 is 22.6 Å². The zero-order valence-corrected chi connectivity index (χ0v) is 19.0. The molecule has 0 saturated carbocycles. The zero-order chi connectivity index (χ0) is 20.9. The number of carbonyl (C=O) groups is 1. The number of anilines is 1. The molecule has 0 unspecified atom stereocenters. The predicted octanol–water partition coefficient (Wildman–Crippen LogP) is 1.01. The molecular weight excluding hydrogens is 444 g/mol. The molecule has 2 aromatic rings. The third kappa shape index (κ3) is 7.76. The fourth-order valence-corrected chi connectivity index (χ4v) is 2.44. The van der Waals surface area contributed by atoms with Crippen LogP contribution in [0.4, 0.5) is 24.5 Å². The van der Waals surface area contributed by atoms with Gasteiger partial charge in [-0.15, -0.1) is 0 Å². The van der Waals surface area contributed by atoms with Gasteiger partial charge in [0.2, 0.25) is 0 Å². The van der Waals surface area contributed by atoms with Crippen LogP contribution in [0.3, 0.4) is 0 Å². The molecule has 2 rings (SSSR count). The molecule has 0 saturated heterocycles. The molecule has 0 aliphatic carbocycles. The predicted molar refractivity (Wildman–Crippen MR) is 92.4 cm³/mol. The molecule has 1 N–H and O–H groups in total. The number of nitro groups is 1. The van der Waals surface area contributed by atoms with Crippen molar-refractivity contribution in [3.63, 3.8) is 0 Å². The summed E-state index contributed by atoms with van der Waals surface area (Å²) in [6.07, 6.45) is -4.61. The molecule has 7 nitrogen and oxygen atoms in total. The minimum absolute atomic E-state index is 0. The maximum atomic E-state index is 12.7. The van der Waals surface area contributed by atoms with Crippen molar-refractivity contribution >= 4 is 28.9 Å². The number of alkyl halides is 3. The van der Waals surface area contributed by atoms with Gasteiger partial charge in [-0.1, -0.05) is 11.6 Å². The van der Waals surface area contributed by atoms with Gasteiger partial charge in [0.25, 0.3) is 5.69 Å². The van der Waals surface area contributed by atoms with E-state index in [1.165, 1.54) is 12.1 Å². The summed E-state index contributed by atoms with van der Waals surface area (Å²) in [6, 6.07) is 6.23. The first-order chi connectivity index (χ1) is 13.1. The van der Waals surface area contributed by atoms with Crippen LogP contribution in [0, 0.1) is 10.1 Å². The summed E-state index contributed by atoms with van der Waals surface area (Å²) >= 11 is 5.83. The maximum Gasteiger partial charge on any atom is 1.00 e. The number of nitrogens with one attached hydrogen (secondary N) is 1. The van der Waals surface area contributed by atoms with Crippen LogP contribution >= 0.6 is 11.6 Å². The van der Waals surface area contributed by atoms with Crippen LogP contribution in [-0.4, -0.2) is 17.4 Å². The molecule has 0 bridgehead atoms. The molecule has 0 atom stereocenters. The average Bonchev–Trinajstić information content (AvgIpc) is 2.59. The van der Waals surface area contributed by atoms with Crippen molar-refractivity contribution < 1.29 is 84.1 Å². The Morgan fingerprint density at radius 3 is 2.45 bits per heavy atom. The van der Waals surface area contributed by atoms with E-state index in [0.717, 1.165) is 18.2 Å². The van der Waals surface area contributed by atoms with E-state index in [4.69, 9.17) is 16.3 Å². The number of carbonyl (C=O) groups excluding carboxylic acids is 1. The normalized spacial score (nSPS) is 10.8. The van der Waals surface area contributed by atoms with Gasteiger partial charge in [0, 0.05) is 24.6 Å². The molecule has 0 heterocycles. The zero-order valence-electron chi connectivity index (χ0n) is 15.1. The summed E-state index contributed by atoms with van der Waals surface area (Å²) in [7, 11) is 0. The molecule has 0 aliphatic rings. The van der Waals surface area contributed by atoms with Gasteiger partial charge in [-0.3, -0.25) is 10.1 Å². The number of carboxylic acid groups (broad SMARTS) is 1. The molecule has 29 heavy (non-hydrogen) atoms. The van der Waals surface area contributed by atoms with Gasteiger partial charge in [-0.2, -0.15) is 13.2 Å². The summed E-state index contributed by atoms with van der Waals surface area (Å²) in [6.45, 7) is 0.124. The molecule has 0 aliphatic heterocycles. The van der Waals surface area contributed by atoms with Crippen molar-refractivity contribution in [1.82, 2.24) is 0 Å². The Morgan fingerprint density at radius 2 is 1.90 bits per heavy atom. The molecular formula is C17H13ClF3KN2O5. The van der Waals surface area contributed by atoms with E-state index in [9.17, 15) is 33.2 Å². The quantitative estimate of drug-likeness (QED) is 0.275. The summed E-state index contributed by atoms with van der Waals surface area (Å²) in [5, 5.41) is 24.0. The van der Waals surface area contributed by atoms with Crippen LogP contribution < -0.4 is 66.5 Å². The van der Waals surface area contributed by atoms with Crippen molar-refractivity contribution in [1.29, 1.82) is 0 Å². The first-order valence-corrected chi connectivity index (χ1v) is 8.22. The Balaban J connectivity index is 0.00000420. The van der Waals surface area contributed by atoms with Crippen LogP contribution in [-0.2, 0) is 11.0 Å². The Bertz CT molecular complexity index is 896. The number of carboxylic acids is 1. The van der Waals surface area contributed by atoms with Crippen molar-refractivity contribution in [3.05, 3.63) is 57.1 Å². The summed E-state index contributed by atoms with van der Waals surface area (Å²) in [5.41, 5.74) is -1.16. The van der Waals surface area contributed by atoms with Gasteiger partial charge < -0.3 is 20.0 Å². The number of nitrogens with zero attached hydrogens (tertiary/aromatic N) is 1. The third-order valence-electron chi connectivity index (χ3n) is 3.52. The molecule has 0 spiro atoms.